The minimum Gasteiger partial charge on any atom is -0.347 e. The molecule has 0 unspecified atom stereocenters. The van der Waals surface area contributed by atoms with Gasteiger partial charge in [0.25, 0.3) is 11.8 Å². The fourth-order valence-corrected chi connectivity index (χ4v) is 3.39. The molecule has 4 aromatic rings. The zero-order valence-corrected chi connectivity index (χ0v) is 19.4. The number of halogens is 1. The van der Waals surface area contributed by atoms with Crippen molar-refractivity contribution in [2.75, 3.05) is 0 Å². The lowest BCUT2D eigenvalue weighted by Crippen LogP contribution is -2.29. The summed E-state index contributed by atoms with van der Waals surface area (Å²) >= 11 is 0. The second kappa shape index (κ2) is 10.2. The number of benzene rings is 2. The Bertz CT molecular complexity index is 1370. The maximum absolute atomic E-state index is 13.4. The molecule has 2 amide bonds. The lowest BCUT2D eigenvalue weighted by Gasteiger charge is -2.14. The molecule has 0 aliphatic heterocycles. The van der Waals surface area contributed by atoms with Gasteiger partial charge in [-0.05, 0) is 36.6 Å². The number of nitrogens with one attached hydrogen (secondary N) is 2. The molecule has 0 fully saturated rings. The highest BCUT2D eigenvalue weighted by Gasteiger charge is 2.16. The van der Waals surface area contributed by atoms with E-state index in [1.807, 2.05) is 31.2 Å². The first kappa shape index (κ1) is 23.7. The summed E-state index contributed by atoms with van der Waals surface area (Å²) in [7, 11) is 0. The van der Waals surface area contributed by atoms with Crippen LogP contribution in [0.1, 0.15) is 56.5 Å². The van der Waals surface area contributed by atoms with Gasteiger partial charge in [-0.3, -0.25) is 9.59 Å². The molecule has 0 aliphatic carbocycles. The van der Waals surface area contributed by atoms with Crippen LogP contribution in [0.5, 0.6) is 0 Å². The van der Waals surface area contributed by atoms with E-state index in [1.54, 1.807) is 26.0 Å². The Kier molecular flexibility index (Phi) is 6.91. The van der Waals surface area contributed by atoms with Gasteiger partial charge < -0.3 is 15.2 Å². The summed E-state index contributed by atoms with van der Waals surface area (Å²) < 4.78 is 18.4. The van der Waals surface area contributed by atoms with Crippen molar-refractivity contribution in [2.24, 2.45) is 0 Å². The van der Waals surface area contributed by atoms with Crippen LogP contribution in [0.3, 0.4) is 0 Å². The first-order valence-electron chi connectivity index (χ1n) is 10.9. The zero-order valence-electron chi connectivity index (χ0n) is 19.4. The zero-order chi connectivity index (χ0) is 24.9. The van der Waals surface area contributed by atoms with Crippen LogP contribution in [0.25, 0.3) is 11.4 Å². The number of amides is 2. The minimum atomic E-state index is -0.469. The molecule has 0 aliphatic rings. The molecule has 9 nitrogen and oxygen atoms in total. The monoisotopic (exact) mass is 474 g/mol. The lowest BCUT2D eigenvalue weighted by molar-refractivity contribution is 0.0934. The molecule has 2 heterocycles. The number of aryl methyl sites for hydroxylation is 2. The normalized spacial score (nSPS) is 11.7. The van der Waals surface area contributed by atoms with Crippen molar-refractivity contribution in [1.82, 2.24) is 30.7 Å². The van der Waals surface area contributed by atoms with E-state index < -0.39 is 11.8 Å². The number of aromatic nitrogens is 4. The summed E-state index contributed by atoms with van der Waals surface area (Å²) in [5.74, 6) is -0.247. The average molecular weight is 474 g/mol. The summed E-state index contributed by atoms with van der Waals surface area (Å²) in [5, 5.41) is 9.47. The van der Waals surface area contributed by atoms with Crippen LogP contribution in [0, 0.1) is 19.7 Å². The van der Waals surface area contributed by atoms with Crippen molar-refractivity contribution < 1.29 is 18.5 Å². The van der Waals surface area contributed by atoms with Crippen LogP contribution in [-0.2, 0) is 6.54 Å². The number of carbonyl (C=O) groups excluding carboxylic acids is 2. The van der Waals surface area contributed by atoms with Crippen molar-refractivity contribution in [1.29, 1.82) is 0 Å². The summed E-state index contributed by atoms with van der Waals surface area (Å²) in [4.78, 5) is 37.4. The number of rotatable bonds is 7. The molecule has 0 spiro atoms. The number of hydrogen-bond donors (Lipinski definition) is 2. The molecule has 178 valence electrons. The molecule has 10 heteroatoms. The van der Waals surface area contributed by atoms with E-state index in [0.717, 1.165) is 23.0 Å². The van der Waals surface area contributed by atoms with Gasteiger partial charge >= 0.3 is 0 Å². The predicted molar refractivity (Wildman–Crippen MR) is 125 cm³/mol. The highest BCUT2D eigenvalue weighted by atomic mass is 19.1. The Morgan fingerprint density at radius 1 is 1.00 bits per heavy atom. The van der Waals surface area contributed by atoms with Crippen LogP contribution in [0.4, 0.5) is 4.39 Å². The Morgan fingerprint density at radius 2 is 1.71 bits per heavy atom. The van der Waals surface area contributed by atoms with E-state index in [4.69, 9.17) is 4.52 Å². The molecule has 0 saturated carbocycles. The molecule has 0 saturated heterocycles. The summed E-state index contributed by atoms with van der Waals surface area (Å²) in [5.41, 5.74) is 3.02. The third-order valence-corrected chi connectivity index (χ3v) is 5.35. The van der Waals surface area contributed by atoms with Gasteiger partial charge in [-0.25, -0.2) is 14.4 Å². The van der Waals surface area contributed by atoms with Crippen LogP contribution in [0.2, 0.25) is 0 Å². The highest BCUT2D eigenvalue weighted by molar-refractivity contribution is 5.97. The van der Waals surface area contributed by atoms with Gasteiger partial charge in [-0.15, -0.1) is 0 Å². The fraction of sp³-hybridized carbons (Fsp3) is 0.200. The number of carbonyl (C=O) groups is 2. The van der Waals surface area contributed by atoms with E-state index in [9.17, 15) is 14.0 Å². The smallest absolute Gasteiger partial charge is 0.270 e. The molecule has 4 rings (SSSR count). The largest absolute Gasteiger partial charge is 0.347 e. The maximum Gasteiger partial charge on any atom is 0.270 e. The Morgan fingerprint density at radius 3 is 2.37 bits per heavy atom. The molecule has 1 atom stereocenters. The second-order valence-electron chi connectivity index (χ2n) is 8.01. The third-order valence-electron chi connectivity index (χ3n) is 5.35. The lowest BCUT2D eigenvalue weighted by atomic mass is 10.1. The first-order valence-corrected chi connectivity index (χ1v) is 10.9. The van der Waals surface area contributed by atoms with Crippen LogP contribution >= 0.6 is 0 Å². The van der Waals surface area contributed by atoms with Gasteiger partial charge in [0, 0.05) is 25.1 Å². The van der Waals surface area contributed by atoms with Gasteiger partial charge in [-0.2, -0.15) is 4.98 Å². The molecule has 2 aromatic carbocycles. The minimum absolute atomic E-state index is 0.0522. The van der Waals surface area contributed by atoms with Crippen molar-refractivity contribution >= 4 is 11.8 Å². The molecule has 2 N–H and O–H groups in total. The van der Waals surface area contributed by atoms with E-state index in [2.05, 4.69) is 30.7 Å². The van der Waals surface area contributed by atoms with E-state index in [0.29, 0.717) is 17.3 Å². The van der Waals surface area contributed by atoms with Crippen LogP contribution in [-0.4, -0.2) is 31.9 Å². The topological polar surface area (TPSA) is 123 Å². The molecule has 2 aromatic heterocycles. The first-order chi connectivity index (χ1) is 16.8. The van der Waals surface area contributed by atoms with Gasteiger partial charge in [0.05, 0.1) is 6.04 Å². The number of nitrogens with zero attached hydrogens (tertiary/aromatic N) is 4. The highest BCUT2D eigenvalue weighted by Crippen LogP contribution is 2.20. The fourth-order valence-electron chi connectivity index (χ4n) is 3.39. The van der Waals surface area contributed by atoms with E-state index in [1.165, 1.54) is 12.1 Å². The van der Waals surface area contributed by atoms with Gasteiger partial charge in [-0.1, -0.05) is 41.6 Å². The Balaban J connectivity index is 1.38. The van der Waals surface area contributed by atoms with Gasteiger partial charge in [0.15, 0.2) is 0 Å². The quantitative estimate of drug-likeness (QED) is 0.419. The predicted octanol–water partition coefficient (Wildman–Crippen LogP) is 3.70. The Labute approximate surface area is 200 Å². The van der Waals surface area contributed by atoms with Crippen molar-refractivity contribution in [2.45, 2.75) is 33.4 Å². The number of hydrogen-bond acceptors (Lipinski definition) is 7. The Hall–Kier alpha value is -4.47. The van der Waals surface area contributed by atoms with Crippen LogP contribution in [0.15, 0.2) is 59.4 Å². The second-order valence-corrected chi connectivity index (χ2v) is 8.01. The summed E-state index contributed by atoms with van der Waals surface area (Å²) in [6, 6.07) is 13.0. The summed E-state index contributed by atoms with van der Waals surface area (Å²) in [6.45, 7) is 5.41. The summed E-state index contributed by atoms with van der Waals surface area (Å²) in [6.07, 6.45) is 1.16. The molecule has 0 bridgehead atoms. The maximum atomic E-state index is 13.4. The molecule has 35 heavy (non-hydrogen) atoms. The van der Waals surface area contributed by atoms with Crippen molar-refractivity contribution in [3.8, 4) is 11.4 Å². The standard InChI is InChI=1S/C25H23FN6O3/c1-14-10-17(4-9-20(14)26)12-27-24(33)21-11-22(29-13-28-21)25(34)30-15(2)18-5-7-19(8-6-18)23-31-16(3)35-32-23/h4-11,13,15H,12H2,1-3H3,(H,27,33)(H,30,34)/t15-/m0/s1. The van der Waals surface area contributed by atoms with Crippen molar-refractivity contribution in [3.05, 3.63) is 94.6 Å². The molecule has 0 radical (unpaired) electrons. The van der Waals surface area contributed by atoms with Crippen LogP contribution < -0.4 is 10.6 Å². The molecular weight excluding hydrogens is 451 g/mol. The SMILES string of the molecule is Cc1nc(-c2ccc([C@H](C)NC(=O)c3cc(C(=O)NCc4ccc(F)c(C)c4)ncn3)cc2)no1. The third kappa shape index (κ3) is 5.72. The van der Waals surface area contributed by atoms with Crippen molar-refractivity contribution in [3.63, 3.8) is 0 Å². The van der Waals surface area contributed by atoms with E-state index >= 15 is 0 Å². The van der Waals surface area contributed by atoms with Gasteiger partial charge in [0.2, 0.25) is 11.7 Å². The average Bonchev–Trinajstić information content (AvgIpc) is 3.31. The van der Waals surface area contributed by atoms with E-state index in [-0.39, 0.29) is 29.8 Å². The molecular formula is C25H23FN6O3. The van der Waals surface area contributed by atoms with Gasteiger partial charge in [0.1, 0.15) is 23.5 Å².